The lowest BCUT2D eigenvalue weighted by molar-refractivity contribution is 0.640. The third-order valence-corrected chi connectivity index (χ3v) is 4.14. The highest BCUT2D eigenvalue weighted by Crippen LogP contribution is 2.27. The molecule has 0 radical (unpaired) electrons. The second-order valence-corrected chi connectivity index (χ2v) is 5.72. The molecule has 2 aromatic rings. The van der Waals surface area contributed by atoms with Gasteiger partial charge in [-0.2, -0.15) is 0 Å². The predicted octanol–water partition coefficient (Wildman–Crippen LogP) is 3.09. The van der Waals surface area contributed by atoms with Crippen LogP contribution in [0.3, 0.4) is 0 Å². The van der Waals surface area contributed by atoms with E-state index < -0.39 is 0 Å². The van der Waals surface area contributed by atoms with Crippen molar-refractivity contribution in [3.8, 4) is 10.6 Å². The summed E-state index contributed by atoms with van der Waals surface area (Å²) in [6, 6.07) is 8.56. The van der Waals surface area contributed by atoms with Gasteiger partial charge < -0.3 is 5.32 Å². The summed E-state index contributed by atoms with van der Waals surface area (Å²) in [5.41, 5.74) is 1.14. The van der Waals surface area contributed by atoms with E-state index in [1.807, 2.05) is 13.1 Å². The van der Waals surface area contributed by atoms with Crippen LogP contribution < -0.4 is 5.32 Å². The Kier molecular flexibility index (Phi) is 3.88. The highest BCUT2D eigenvalue weighted by atomic mass is 127. The van der Waals surface area contributed by atoms with Crippen LogP contribution in [0.1, 0.15) is 18.0 Å². The molecule has 0 aliphatic heterocycles. The second-order valence-electron chi connectivity index (χ2n) is 3.47. The standard InChI is InChI=1S/C11H12IN3S/c1-7(13-2)10-14-15-11(16-10)8-4-3-5-9(12)6-8/h3-7,13H,1-2H3. The van der Waals surface area contributed by atoms with Gasteiger partial charge in [0.2, 0.25) is 0 Å². The highest BCUT2D eigenvalue weighted by Gasteiger charge is 2.11. The molecule has 1 aromatic heterocycles. The van der Waals surface area contributed by atoms with Crippen LogP contribution in [0.15, 0.2) is 24.3 Å². The average Bonchev–Trinajstić information content (AvgIpc) is 2.77. The number of nitrogens with one attached hydrogen (secondary N) is 1. The van der Waals surface area contributed by atoms with Crippen molar-refractivity contribution < 1.29 is 0 Å². The van der Waals surface area contributed by atoms with Crippen molar-refractivity contribution in [2.45, 2.75) is 13.0 Å². The molecule has 1 N–H and O–H groups in total. The summed E-state index contributed by atoms with van der Waals surface area (Å²) in [6.07, 6.45) is 0. The second kappa shape index (κ2) is 5.20. The van der Waals surface area contributed by atoms with Crippen LogP contribution in [0, 0.1) is 3.57 Å². The molecule has 0 spiro atoms. The summed E-state index contributed by atoms with van der Waals surface area (Å²) in [5.74, 6) is 0. The minimum atomic E-state index is 0.258. The van der Waals surface area contributed by atoms with Gasteiger partial charge >= 0.3 is 0 Å². The highest BCUT2D eigenvalue weighted by molar-refractivity contribution is 14.1. The Morgan fingerprint density at radius 3 is 2.88 bits per heavy atom. The maximum atomic E-state index is 4.22. The summed E-state index contributed by atoms with van der Waals surface area (Å²) >= 11 is 3.94. The minimum Gasteiger partial charge on any atom is -0.311 e. The van der Waals surface area contributed by atoms with Gasteiger partial charge in [0.05, 0.1) is 6.04 Å². The number of rotatable bonds is 3. The van der Waals surface area contributed by atoms with E-state index in [0.717, 1.165) is 15.6 Å². The Morgan fingerprint density at radius 1 is 1.38 bits per heavy atom. The molecule has 5 heteroatoms. The van der Waals surface area contributed by atoms with Gasteiger partial charge in [-0.25, -0.2) is 0 Å². The number of aromatic nitrogens is 2. The van der Waals surface area contributed by atoms with Crippen molar-refractivity contribution in [1.82, 2.24) is 15.5 Å². The average molecular weight is 345 g/mol. The quantitative estimate of drug-likeness (QED) is 0.869. The van der Waals surface area contributed by atoms with E-state index in [1.165, 1.54) is 3.57 Å². The lowest BCUT2D eigenvalue weighted by atomic mass is 10.2. The van der Waals surface area contributed by atoms with Gasteiger partial charge in [0.25, 0.3) is 0 Å². The van der Waals surface area contributed by atoms with E-state index in [-0.39, 0.29) is 6.04 Å². The number of hydrogen-bond donors (Lipinski definition) is 1. The van der Waals surface area contributed by atoms with Crippen LogP contribution in [0.4, 0.5) is 0 Å². The summed E-state index contributed by atoms with van der Waals surface area (Å²) in [4.78, 5) is 0. The summed E-state index contributed by atoms with van der Waals surface area (Å²) in [6.45, 7) is 2.08. The van der Waals surface area contributed by atoms with Crippen LogP contribution in [0.25, 0.3) is 10.6 Å². The summed E-state index contributed by atoms with van der Waals surface area (Å²) in [5, 5.41) is 13.6. The molecule has 84 valence electrons. The Bertz CT molecular complexity index is 484. The van der Waals surface area contributed by atoms with Gasteiger partial charge in [-0.05, 0) is 48.7 Å². The molecule has 16 heavy (non-hydrogen) atoms. The molecule has 0 saturated heterocycles. The number of benzene rings is 1. The van der Waals surface area contributed by atoms with Gasteiger partial charge in [0, 0.05) is 9.13 Å². The maximum Gasteiger partial charge on any atom is 0.147 e. The van der Waals surface area contributed by atoms with Gasteiger partial charge in [-0.15, -0.1) is 10.2 Å². The van der Waals surface area contributed by atoms with Gasteiger partial charge in [0.1, 0.15) is 10.0 Å². The molecule has 0 bridgehead atoms. The molecule has 0 aliphatic carbocycles. The first-order valence-electron chi connectivity index (χ1n) is 4.97. The molecule has 2 rings (SSSR count). The fraction of sp³-hybridized carbons (Fsp3) is 0.273. The van der Waals surface area contributed by atoms with Gasteiger partial charge in [-0.1, -0.05) is 23.5 Å². The zero-order valence-corrected chi connectivity index (χ0v) is 12.0. The van der Waals surface area contributed by atoms with Gasteiger partial charge in [0.15, 0.2) is 0 Å². The molecule has 3 nitrogen and oxygen atoms in total. The van der Waals surface area contributed by atoms with Crippen LogP contribution in [-0.4, -0.2) is 17.2 Å². The molecule has 1 unspecified atom stereocenters. The topological polar surface area (TPSA) is 37.8 Å². The number of nitrogens with zero attached hydrogens (tertiary/aromatic N) is 2. The van der Waals surface area contributed by atoms with Crippen molar-refractivity contribution in [2.24, 2.45) is 0 Å². The van der Waals surface area contributed by atoms with Crippen molar-refractivity contribution in [3.63, 3.8) is 0 Å². The Balaban J connectivity index is 2.31. The molecule has 0 saturated carbocycles. The Morgan fingerprint density at radius 2 is 2.19 bits per heavy atom. The normalized spacial score (nSPS) is 12.7. The lowest BCUT2D eigenvalue weighted by Gasteiger charge is -2.02. The van der Waals surface area contributed by atoms with E-state index in [0.29, 0.717) is 0 Å². The zero-order chi connectivity index (χ0) is 11.5. The first kappa shape index (κ1) is 11.9. The number of halogens is 1. The fourth-order valence-electron chi connectivity index (χ4n) is 1.27. The SMILES string of the molecule is CNC(C)c1nnc(-c2cccc(I)c2)s1. The van der Waals surface area contributed by atoms with Gasteiger partial charge in [-0.3, -0.25) is 0 Å². The smallest absolute Gasteiger partial charge is 0.147 e. The minimum absolute atomic E-state index is 0.258. The lowest BCUT2D eigenvalue weighted by Crippen LogP contribution is -2.11. The van der Waals surface area contributed by atoms with E-state index in [1.54, 1.807) is 11.3 Å². The van der Waals surface area contributed by atoms with E-state index in [2.05, 4.69) is 63.2 Å². The summed E-state index contributed by atoms with van der Waals surface area (Å²) in [7, 11) is 1.93. The third kappa shape index (κ3) is 2.58. The number of hydrogen-bond acceptors (Lipinski definition) is 4. The van der Waals surface area contributed by atoms with E-state index in [9.17, 15) is 0 Å². The van der Waals surface area contributed by atoms with Crippen LogP contribution in [-0.2, 0) is 0 Å². The summed E-state index contributed by atoms with van der Waals surface area (Å²) < 4.78 is 1.22. The molecular formula is C11H12IN3S. The molecule has 1 heterocycles. The van der Waals surface area contributed by atoms with Crippen molar-refractivity contribution in [2.75, 3.05) is 7.05 Å². The molecular weight excluding hydrogens is 333 g/mol. The fourth-order valence-corrected chi connectivity index (χ4v) is 2.72. The predicted molar refractivity (Wildman–Crippen MR) is 75.5 cm³/mol. The Hall–Kier alpha value is -0.530. The molecule has 1 aromatic carbocycles. The van der Waals surface area contributed by atoms with Crippen molar-refractivity contribution in [3.05, 3.63) is 32.8 Å². The Labute approximate surface area is 112 Å². The van der Waals surface area contributed by atoms with E-state index in [4.69, 9.17) is 0 Å². The van der Waals surface area contributed by atoms with E-state index >= 15 is 0 Å². The molecule has 0 amide bonds. The largest absolute Gasteiger partial charge is 0.311 e. The van der Waals surface area contributed by atoms with Crippen molar-refractivity contribution in [1.29, 1.82) is 0 Å². The maximum absolute atomic E-state index is 4.22. The monoisotopic (exact) mass is 345 g/mol. The van der Waals surface area contributed by atoms with Crippen LogP contribution >= 0.6 is 33.9 Å². The molecule has 1 atom stereocenters. The van der Waals surface area contributed by atoms with Crippen LogP contribution in [0.5, 0.6) is 0 Å². The van der Waals surface area contributed by atoms with Crippen molar-refractivity contribution >= 4 is 33.9 Å². The third-order valence-electron chi connectivity index (χ3n) is 2.32. The van der Waals surface area contributed by atoms with Crippen LogP contribution in [0.2, 0.25) is 0 Å². The first-order valence-corrected chi connectivity index (χ1v) is 6.87. The first-order chi connectivity index (χ1) is 7.70. The zero-order valence-electron chi connectivity index (χ0n) is 9.07. The molecule has 0 fully saturated rings. The molecule has 0 aliphatic rings.